The van der Waals surface area contributed by atoms with Gasteiger partial charge in [0.15, 0.2) is 23.0 Å². The van der Waals surface area contributed by atoms with E-state index in [4.69, 9.17) is 23.7 Å². The first-order valence-electron chi connectivity index (χ1n) is 8.45. The lowest BCUT2D eigenvalue weighted by atomic mass is 9.89. The second-order valence-corrected chi connectivity index (χ2v) is 6.36. The molecule has 3 aliphatic heterocycles. The topological polar surface area (TPSA) is 58.2 Å². The average molecular weight is 341 g/mol. The van der Waals surface area contributed by atoms with Gasteiger partial charge in [-0.05, 0) is 48.7 Å². The van der Waals surface area contributed by atoms with Crippen molar-refractivity contribution < 1.29 is 23.7 Å². The van der Waals surface area contributed by atoms with Crippen LogP contribution in [0.4, 0.5) is 0 Å². The summed E-state index contributed by atoms with van der Waals surface area (Å²) in [7, 11) is 1.67. The van der Waals surface area contributed by atoms with E-state index in [0.717, 1.165) is 47.9 Å². The van der Waals surface area contributed by atoms with Gasteiger partial charge in [0.25, 0.3) is 0 Å². The summed E-state index contributed by atoms with van der Waals surface area (Å²) >= 11 is 0. The molecule has 130 valence electrons. The van der Waals surface area contributed by atoms with Crippen LogP contribution in [0.15, 0.2) is 24.3 Å². The average Bonchev–Trinajstić information content (AvgIpc) is 3.28. The zero-order chi connectivity index (χ0) is 16.8. The summed E-state index contributed by atoms with van der Waals surface area (Å²) in [6, 6.07) is 8.40. The van der Waals surface area contributed by atoms with Gasteiger partial charge >= 0.3 is 0 Å². The molecular weight excluding hydrogens is 322 g/mol. The fourth-order valence-electron chi connectivity index (χ4n) is 3.81. The normalized spacial score (nSPS) is 19.6. The van der Waals surface area contributed by atoms with Crippen LogP contribution < -0.4 is 29.0 Å². The highest BCUT2D eigenvalue weighted by molar-refractivity contribution is 5.58. The van der Waals surface area contributed by atoms with Crippen molar-refractivity contribution >= 4 is 0 Å². The molecule has 2 aromatic rings. The first kappa shape index (κ1) is 14.7. The molecule has 6 nitrogen and oxygen atoms in total. The van der Waals surface area contributed by atoms with Crippen LogP contribution in [0.3, 0.4) is 0 Å². The molecule has 0 bridgehead atoms. The smallest absolute Gasteiger partial charge is 0.231 e. The van der Waals surface area contributed by atoms with E-state index in [-0.39, 0.29) is 12.8 Å². The lowest BCUT2D eigenvalue weighted by molar-refractivity contribution is 0.171. The van der Waals surface area contributed by atoms with Crippen LogP contribution in [-0.4, -0.2) is 27.2 Å². The number of benzene rings is 2. The van der Waals surface area contributed by atoms with Crippen molar-refractivity contribution in [1.82, 2.24) is 5.32 Å². The molecule has 0 saturated heterocycles. The van der Waals surface area contributed by atoms with Crippen LogP contribution in [-0.2, 0) is 12.8 Å². The summed E-state index contributed by atoms with van der Waals surface area (Å²) < 4.78 is 27.7. The van der Waals surface area contributed by atoms with E-state index in [1.807, 2.05) is 6.07 Å². The van der Waals surface area contributed by atoms with Gasteiger partial charge in [-0.25, -0.2) is 0 Å². The Kier molecular flexibility index (Phi) is 3.38. The van der Waals surface area contributed by atoms with Gasteiger partial charge < -0.3 is 29.0 Å². The number of rotatable bonds is 3. The minimum Gasteiger partial charge on any atom is -0.492 e. The molecule has 0 aromatic heterocycles. The van der Waals surface area contributed by atoms with E-state index in [1.165, 1.54) is 11.1 Å². The van der Waals surface area contributed by atoms with Crippen LogP contribution in [0.25, 0.3) is 0 Å². The van der Waals surface area contributed by atoms with Crippen LogP contribution in [0, 0.1) is 0 Å². The van der Waals surface area contributed by atoms with Crippen molar-refractivity contribution in [2.75, 3.05) is 27.2 Å². The minimum absolute atomic E-state index is 0.188. The summed E-state index contributed by atoms with van der Waals surface area (Å²) in [5, 5.41) is 3.61. The molecule has 1 N–H and O–H groups in total. The Labute approximate surface area is 145 Å². The summed E-state index contributed by atoms with van der Waals surface area (Å²) in [5.41, 5.74) is 3.66. The molecule has 0 spiro atoms. The van der Waals surface area contributed by atoms with Crippen LogP contribution >= 0.6 is 0 Å². The van der Waals surface area contributed by atoms with Gasteiger partial charge in [0.2, 0.25) is 19.3 Å². The molecule has 0 fully saturated rings. The van der Waals surface area contributed by atoms with Gasteiger partial charge in [0.05, 0.1) is 7.11 Å². The van der Waals surface area contributed by atoms with Gasteiger partial charge in [-0.15, -0.1) is 0 Å². The number of fused-ring (bicyclic) bond motifs is 3. The van der Waals surface area contributed by atoms with E-state index >= 15 is 0 Å². The summed E-state index contributed by atoms with van der Waals surface area (Å²) in [5.74, 6) is 3.86. The molecule has 5 rings (SSSR count). The quantitative estimate of drug-likeness (QED) is 0.926. The Bertz CT molecular complexity index is 835. The van der Waals surface area contributed by atoms with E-state index in [2.05, 4.69) is 23.5 Å². The highest BCUT2D eigenvalue weighted by Gasteiger charge is 2.28. The second kappa shape index (κ2) is 5.74. The van der Waals surface area contributed by atoms with Crippen molar-refractivity contribution in [3.63, 3.8) is 0 Å². The van der Waals surface area contributed by atoms with Crippen molar-refractivity contribution in [2.45, 2.75) is 18.9 Å². The van der Waals surface area contributed by atoms with Gasteiger partial charge in [-0.2, -0.15) is 0 Å². The molecule has 3 aliphatic rings. The van der Waals surface area contributed by atoms with Gasteiger partial charge in [-0.1, -0.05) is 6.07 Å². The third-order valence-electron chi connectivity index (χ3n) is 5.00. The molecule has 3 heterocycles. The lowest BCUT2D eigenvalue weighted by Crippen LogP contribution is -2.31. The third-order valence-corrected chi connectivity index (χ3v) is 5.00. The third kappa shape index (κ3) is 2.36. The first-order chi connectivity index (χ1) is 12.3. The lowest BCUT2D eigenvalue weighted by Gasteiger charge is -2.28. The van der Waals surface area contributed by atoms with E-state index in [9.17, 15) is 0 Å². The molecule has 0 amide bonds. The molecular formula is C19H19NO5. The van der Waals surface area contributed by atoms with Crippen LogP contribution in [0.2, 0.25) is 0 Å². The Morgan fingerprint density at radius 3 is 2.72 bits per heavy atom. The molecule has 25 heavy (non-hydrogen) atoms. The Hall–Kier alpha value is -2.60. The predicted octanol–water partition coefficient (Wildman–Crippen LogP) is 2.58. The van der Waals surface area contributed by atoms with Crippen molar-refractivity contribution in [3.8, 4) is 28.7 Å². The van der Waals surface area contributed by atoms with Crippen molar-refractivity contribution in [3.05, 3.63) is 41.0 Å². The first-order valence-corrected chi connectivity index (χ1v) is 8.45. The van der Waals surface area contributed by atoms with Gasteiger partial charge in [0.1, 0.15) is 0 Å². The monoisotopic (exact) mass is 341 g/mol. The Balaban J connectivity index is 1.50. The van der Waals surface area contributed by atoms with E-state index < -0.39 is 0 Å². The van der Waals surface area contributed by atoms with Crippen LogP contribution in [0.1, 0.15) is 22.7 Å². The Morgan fingerprint density at radius 2 is 1.84 bits per heavy atom. The largest absolute Gasteiger partial charge is 0.492 e. The number of hydrogen-bond donors (Lipinski definition) is 1. The molecule has 2 aromatic carbocycles. The van der Waals surface area contributed by atoms with E-state index in [0.29, 0.717) is 12.5 Å². The Morgan fingerprint density at radius 1 is 1.04 bits per heavy atom. The van der Waals surface area contributed by atoms with Crippen LogP contribution in [0.5, 0.6) is 28.7 Å². The fraction of sp³-hybridized carbons (Fsp3) is 0.368. The molecule has 0 unspecified atom stereocenters. The number of nitrogens with one attached hydrogen (secondary N) is 1. The van der Waals surface area contributed by atoms with Crippen molar-refractivity contribution in [1.29, 1.82) is 0 Å². The summed E-state index contributed by atoms with van der Waals surface area (Å²) in [6.07, 6.45) is 1.78. The summed E-state index contributed by atoms with van der Waals surface area (Å²) in [4.78, 5) is 0. The highest BCUT2D eigenvalue weighted by Crippen LogP contribution is 2.45. The zero-order valence-electron chi connectivity index (χ0n) is 14.0. The SMILES string of the molecule is COc1c(C[C@H]2NCCc3cc4c(cc32)OCO4)ccc2c1OCO2. The fourth-order valence-corrected chi connectivity index (χ4v) is 3.81. The maximum Gasteiger partial charge on any atom is 0.231 e. The maximum absolute atomic E-state index is 5.61. The molecule has 0 saturated carbocycles. The zero-order valence-corrected chi connectivity index (χ0v) is 14.0. The summed E-state index contributed by atoms with van der Waals surface area (Å²) in [6.45, 7) is 1.47. The second-order valence-electron chi connectivity index (χ2n) is 6.36. The molecule has 1 atom stereocenters. The maximum atomic E-state index is 5.61. The van der Waals surface area contributed by atoms with Gasteiger partial charge in [0, 0.05) is 11.6 Å². The van der Waals surface area contributed by atoms with Crippen molar-refractivity contribution in [2.24, 2.45) is 0 Å². The van der Waals surface area contributed by atoms with Gasteiger partial charge in [-0.3, -0.25) is 0 Å². The number of methoxy groups -OCH3 is 1. The van der Waals surface area contributed by atoms with E-state index in [1.54, 1.807) is 7.11 Å². The minimum atomic E-state index is 0.188. The predicted molar refractivity (Wildman–Crippen MR) is 89.8 cm³/mol. The molecule has 6 heteroatoms. The molecule has 0 radical (unpaired) electrons. The highest BCUT2D eigenvalue weighted by atomic mass is 16.7. The molecule has 0 aliphatic carbocycles. The standard InChI is InChI=1S/C19H19NO5/c1-21-18-12(2-3-15-19(18)25-10-22-15)6-14-13-8-17-16(23-9-24-17)7-11(13)4-5-20-14/h2-3,7-8,14,20H,4-6,9-10H2,1H3/t14-/m1/s1. The number of ether oxygens (including phenoxy) is 5. The number of hydrogen-bond acceptors (Lipinski definition) is 6.